The van der Waals surface area contributed by atoms with Crippen LogP contribution < -0.4 is 5.32 Å². The smallest absolute Gasteiger partial charge is 0.0739 e. The van der Waals surface area contributed by atoms with Crippen molar-refractivity contribution in [3.05, 3.63) is 15.9 Å². The summed E-state index contributed by atoms with van der Waals surface area (Å²) in [5.41, 5.74) is 2.36. The van der Waals surface area contributed by atoms with Gasteiger partial charge >= 0.3 is 0 Å². The molecule has 1 aromatic rings. The zero-order valence-electron chi connectivity index (χ0n) is 11.5. The number of nitrogens with zero attached hydrogens (tertiary/aromatic N) is 3. The van der Waals surface area contributed by atoms with Gasteiger partial charge < -0.3 is 5.32 Å². The molecule has 4 nitrogen and oxygen atoms in total. The van der Waals surface area contributed by atoms with Crippen molar-refractivity contribution in [1.82, 2.24) is 20.0 Å². The van der Waals surface area contributed by atoms with Crippen LogP contribution in [-0.2, 0) is 13.6 Å². The van der Waals surface area contributed by atoms with Gasteiger partial charge in [0.25, 0.3) is 0 Å². The van der Waals surface area contributed by atoms with Crippen molar-refractivity contribution in [3.63, 3.8) is 0 Å². The Balaban J connectivity index is 2.09. The highest BCUT2D eigenvalue weighted by molar-refractivity contribution is 9.10. The minimum atomic E-state index is 0.707. The molecular formula is C13H23BrN4. The summed E-state index contributed by atoms with van der Waals surface area (Å²) in [4.78, 5) is 2.57. The maximum atomic E-state index is 4.47. The molecule has 2 heterocycles. The van der Waals surface area contributed by atoms with Crippen molar-refractivity contribution in [2.75, 3.05) is 19.6 Å². The van der Waals surface area contributed by atoms with Crippen molar-refractivity contribution in [2.45, 2.75) is 39.3 Å². The summed E-state index contributed by atoms with van der Waals surface area (Å²) in [5.74, 6) is 0. The Hall–Kier alpha value is -0.390. The fourth-order valence-electron chi connectivity index (χ4n) is 2.72. The van der Waals surface area contributed by atoms with Crippen molar-refractivity contribution in [2.24, 2.45) is 7.05 Å². The topological polar surface area (TPSA) is 33.1 Å². The molecule has 0 aliphatic carbocycles. The van der Waals surface area contributed by atoms with E-state index in [9.17, 15) is 0 Å². The minimum absolute atomic E-state index is 0.707. The monoisotopic (exact) mass is 314 g/mol. The van der Waals surface area contributed by atoms with Crippen molar-refractivity contribution in [1.29, 1.82) is 0 Å². The molecule has 18 heavy (non-hydrogen) atoms. The number of hydrogen-bond acceptors (Lipinski definition) is 3. The van der Waals surface area contributed by atoms with Gasteiger partial charge in [-0.25, -0.2) is 0 Å². The highest BCUT2D eigenvalue weighted by Crippen LogP contribution is 2.23. The molecular weight excluding hydrogens is 292 g/mol. The third kappa shape index (κ3) is 2.95. The second-order valence-electron chi connectivity index (χ2n) is 5.01. The van der Waals surface area contributed by atoms with Gasteiger partial charge in [-0.3, -0.25) is 9.58 Å². The zero-order valence-corrected chi connectivity index (χ0v) is 13.1. The summed E-state index contributed by atoms with van der Waals surface area (Å²) in [6.45, 7) is 8.67. The van der Waals surface area contributed by atoms with E-state index in [2.05, 4.69) is 38.2 Å². The Morgan fingerprint density at radius 2 is 2.11 bits per heavy atom. The molecule has 1 aliphatic rings. The van der Waals surface area contributed by atoms with Crippen LogP contribution in [-0.4, -0.2) is 40.4 Å². The Labute approximate surface area is 118 Å². The number of hydrogen-bond donors (Lipinski definition) is 1. The summed E-state index contributed by atoms with van der Waals surface area (Å²) < 4.78 is 3.17. The van der Waals surface area contributed by atoms with Gasteiger partial charge in [0.15, 0.2) is 0 Å². The van der Waals surface area contributed by atoms with E-state index in [1.807, 2.05) is 18.7 Å². The number of halogens is 1. The van der Waals surface area contributed by atoms with Gasteiger partial charge in [0.1, 0.15) is 0 Å². The molecule has 102 valence electrons. The lowest BCUT2D eigenvalue weighted by Crippen LogP contribution is -2.42. The molecule has 1 aromatic heterocycles. The first kappa shape index (κ1) is 14.0. The lowest BCUT2D eigenvalue weighted by atomic mass is 10.0. The van der Waals surface area contributed by atoms with E-state index in [4.69, 9.17) is 0 Å². The van der Waals surface area contributed by atoms with Crippen LogP contribution in [0, 0.1) is 6.92 Å². The molecule has 1 aliphatic heterocycles. The van der Waals surface area contributed by atoms with Crippen molar-refractivity contribution >= 4 is 15.9 Å². The molecule has 0 bridgehead atoms. The van der Waals surface area contributed by atoms with Crippen LogP contribution >= 0.6 is 15.9 Å². The second-order valence-corrected chi connectivity index (χ2v) is 5.81. The van der Waals surface area contributed by atoms with Crippen molar-refractivity contribution in [3.8, 4) is 0 Å². The molecule has 0 spiro atoms. The van der Waals surface area contributed by atoms with E-state index < -0.39 is 0 Å². The Morgan fingerprint density at radius 1 is 1.44 bits per heavy atom. The Morgan fingerprint density at radius 3 is 2.61 bits per heavy atom. The fraction of sp³-hybridized carbons (Fsp3) is 0.769. The van der Waals surface area contributed by atoms with E-state index in [1.165, 1.54) is 18.5 Å². The van der Waals surface area contributed by atoms with Crippen LogP contribution in [0.4, 0.5) is 0 Å². The van der Waals surface area contributed by atoms with Gasteiger partial charge in [0.2, 0.25) is 0 Å². The van der Waals surface area contributed by atoms with Crippen molar-refractivity contribution < 1.29 is 0 Å². The molecule has 0 amide bonds. The largest absolute Gasteiger partial charge is 0.317 e. The maximum absolute atomic E-state index is 4.47. The normalized spacial score (nSPS) is 17.6. The van der Waals surface area contributed by atoms with E-state index in [-0.39, 0.29) is 0 Å². The SMILES string of the molecule is CCN(Cc1c(Br)c(C)nn1C)C1CCNCC1. The molecule has 2 rings (SSSR count). The summed E-state index contributed by atoms with van der Waals surface area (Å²) in [5, 5.41) is 7.90. The third-order valence-electron chi connectivity index (χ3n) is 3.85. The quantitative estimate of drug-likeness (QED) is 0.923. The zero-order chi connectivity index (χ0) is 13.1. The highest BCUT2D eigenvalue weighted by atomic mass is 79.9. The summed E-state index contributed by atoms with van der Waals surface area (Å²) in [7, 11) is 2.03. The molecule has 0 atom stereocenters. The van der Waals surface area contributed by atoms with Crippen LogP contribution in [0.1, 0.15) is 31.2 Å². The standard InChI is InChI=1S/C13H23BrN4/c1-4-18(11-5-7-15-8-6-11)9-12-13(14)10(2)16-17(12)3/h11,15H,4-9H2,1-3H3. The molecule has 1 fully saturated rings. The van der Waals surface area contributed by atoms with Crippen LogP contribution in [0.3, 0.4) is 0 Å². The molecule has 0 saturated carbocycles. The first-order valence-corrected chi connectivity index (χ1v) is 7.55. The molecule has 1 N–H and O–H groups in total. The third-order valence-corrected chi connectivity index (χ3v) is 4.88. The molecule has 5 heteroatoms. The first-order chi connectivity index (χ1) is 8.63. The van der Waals surface area contributed by atoms with Gasteiger partial charge in [0.05, 0.1) is 15.9 Å². The average Bonchev–Trinajstić information content (AvgIpc) is 2.62. The highest BCUT2D eigenvalue weighted by Gasteiger charge is 2.22. The van der Waals surface area contributed by atoms with Crippen LogP contribution in [0.5, 0.6) is 0 Å². The first-order valence-electron chi connectivity index (χ1n) is 6.76. The van der Waals surface area contributed by atoms with Gasteiger partial charge in [-0.1, -0.05) is 6.92 Å². The number of piperidine rings is 1. The summed E-state index contributed by atoms with van der Waals surface area (Å²) >= 11 is 3.66. The fourth-order valence-corrected chi connectivity index (χ4v) is 3.18. The summed E-state index contributed by atoms with van der Waals surface area (Å²) in [6, 6.07) is 0.707. The second kappa shape index (κ2) is 6.17. The van der Waals surface area contributed by atoms with Crippen LogP contribution in [0.2, 0.25) is 0 Å². The molecule has 1 saturated heterocycles. The molecule has 0 radical (unpaired) electrons. The number of rotatable bonds is 4. The maximum Gasteiger partial charge on any atom is 0.0739 e. The number of aromatic nitrogens is 2. The Kier molecular flexibility index (Phi) is 4.81. The molecule has 0 unspecified atom stereocenters. The average molecular weight is 315 g/mol. The Bertz CT molecular complexity index is 396. The van der Waals surface area contributed by atoms with Gasteiger partial charge in [-0.15, -0.1) is 0 Å². The van der Waals surface area contributed by atoms with E-state index in [1.54, 1.807) is 0 Å². The minimum Gasteiger partial charge on any atom is -0.317 e. The van der Waals surface area contributed by atoms with Gasteiger partial charge in [0, 0.05) is 19.6 Å². The van der Waals surface area contributed by atoms with E-state index >= 15 is 0 Å². The van der Waals surface area contributed by atoms with E-state index in [0.29, 0.717) is 6.04 Å². The molecule has 0 aromatic carbocycles. The van der Waals surface area contributed by atoms with Gasteiger partial charge in [-0.2, -0.15) is 5.10 Å². The van der Waals surface area contributed by atoms with E-state index in [0.717, 1.165) is 36.3 Å². The number of aryl methyl sites for hydroxylation is 2. The lowest BCUT2D eigenvalue weighted by Gasteiger charge is -2.33. The van der Waals surface area contributed by atoms with Gasteiger partial charge in [-0.05, 0) is 55.3 Å². The van der Waals surface area contributed by atoms with Crippen LogP contribution in [0.15, 0.2) is 4.47 Å². The predicted octanol–water partition coefficient (Wildman–Crippen LogP) is 2.06. The lowest BCUT2D eigenvalue weighted by molar-refractivity contribution is 0.158. The number of nitrogens with one attached hydrogen (secondary N) is 1. The summed E-state index contributed by atoms with van der Waals surface area (Å²) in [6.07, 6.45) is 2.50. The predicted molar refractivity (Wildman–Crippen MR) is 77.6 cm³/mol. The van der Waals surface area contributed by atoms with Crippen LogP contribution in [0.25, 0.3) is 0 Å².